The Hall–Kier alpha value is -2.62. The number of rotatable bonds is 4. The van der Waals surface area contributed by atoms with Crippen LogP contribution in [-0.2, 0) is 10.0 Å². The van der Waals surface area contributed by atoms with Gasteiger partial charge in [-0.2, -0.15) is 4.31 Å². The molecule has 2 heterocycles. The van der Waals surface area contributed by atoms with Crippen molar-refractivity contribution in [1.29, 1.82) is 0 Å². The Labute approximate surface area is 162 Å². The van der Waals surface area contributed by atoms with Crippen molar-refractivity contribution >= 4 is 21.8 Å². The molecule has 1 fully saturated rings. The second kappa shape index (κ2) is 7.08. The smallest absolute Gasteiger partial charge is 0.265 e. The molecule has 0 unspecified atom stereocenters. The predicted molar refractivity (Wildman–Crippen MR) is 97.7 cm³/mol. The molecule has 1 N–H and O–H groups in total. The van der Waals surface area contributed by atoms with Crippen LogP contribution in [0.4, 0.5) is 4.39 Å². The summed E-state index contributed by atoms with van der Waals surface area (Å²) in [7, 11) is -3.91. The molecule has 2 aliphatic heterocycles. The molecule has 2 aromatic carbocycles. The van der Waals surface area contributed by atoms with Crippen molar-refractivity contribution in [3.05, 3.63) is 65.5 Å². The summed E-state index contributed by atoms with van der Waals surface area (Å²) in [6, 6.07) is 12.0. The highest BCUT2D eigenvalue weighted by Crippen LogP contribution is 2.21. The van der Waals surface area contributed by atoms with Crippen LogP contribution < -0.4 is 4.90 Å². The molecule has 0 radical (unpaired) electrons. The maximum absolute atomic E-state index is 13.9. The fourth-order valence-corrected chi connectivity index (χ4v) is 5.11. The first-order chi connectivity index (χ1) is 13.4. The van der Waals surface area contributed by atoms with Crippen molar-refractivity contribution in [2.24, 2.45) is 0 Å². The van der Waals surface area contributed by atoms with Crippen molar-refractivity contribution < 1.29 is 27.3 Å². The van der Waals surface area contributed by atoms with Crippen LogP contribution in [0.2, 0.25) is 0 Å². The Kier molecular flexibility index (Phi) is 4.74. The fraction of sp³-hybridized carbons (Fsp3) is 0.263. The van der Waals surface area contributed by atoms with Crippen LogP contribution >= 0.6 is 0 Å². The van der Waals surface area contributed by atoms with Gasteiger partial charge in [-0.05, 0) is 24.3 Å². The number of carbonyl (C=O) groups is 2. The molecule has 1 saturated heterocycles. The molecule has 146 valence electrons. The maximum Gasteiger partial charge on any atom is 0.265 e. The lowest BCUT2D eigenvalue weighted by atomic mass is 10.1. The number of fused-ring (bicyclic) bond motifs is 1. The number of carbonyl (C=O) groups excluding carboxylic acids is 2. The van der Waals surface area contributed by atoms with E-state index < -0.39 is 15.8 Å². The molecule has 2 aliphatic rings. The highest BCUT2D eigenvalue weighted by molar-refractivity contribution is 7.89. The summed E-state index contributed by atoms with van der Waals surface area (Å²) >= 11 is 0. The molecule has 0 spiro atoms. The monoisotopic (exact) mass is 404 g/mol. The summed E-state index contributed by atoms with van der Waals surface area (Å²) in [4.78, 5) is 26.7. The van der Waals surface area contributed by atoms with Crippen molar-refractivity contribution in [3.8, 4) is 0 Å². The summed E-state index contributed by atoms with van der Waals surface area (Å²) in [5.74, 6) is -1.42. The van der Waals surface area contributed by atoms with Gasteiger partial charge in [0.2, 0.25) is 10.0 Å². The standard InChI is InChI=1S/C19H18FN3O4S/c20-16-7-3-4-8-17(16)28(26,27)22-11-9-21(10-12-22)13-23-18(24)14-5-1-2-6-15(14)19(23)25/h1-8H,9-13H2/p+1. The zero-order valence-corrected chi connectivity index (χ0v) is 15.8. The average molecular weight is 404 g/mol. The zero-order valence-electron chi connectivity index (χ0n) is 15.0. The third kappa shape index (κ3) is 3.11. The van der Waals surface area contributed by atoms with Gasteiger partial charge in [-0.15, -0.1) is 0 Å². The summed E-state index contributed by atoms with van der Waals surface area (Å²) < 4.78 is 40.5. The van der Waals surface area contributed by atoms with E-state index in [4.69, 9.17) is 0 Å². The second-order valence-corrected chi connectivity index (χ2v) is 8.73. The number of nitrogens with zero attached hydrogens (tertiary/aromatic N) is 2. The Morgan fingerprint density at radius 2 is 1.43 bits per heavy atom. The topological polar surface area (TPSA) is 79.2 Å². The number of hydrogen-bond donors (Lipinski definition) is 1. The maximum atomic E-state index is 13.9. The largest absolute Gasteiger partial charge is 0.315 e. The fourth-order valence-electron chi connectivity index (χ4n) is 3.60. The van der Waals surface area contributed by atoms with E-state index in [0.29, 0.717) is 24.2 Å². The van der Waals surface area contributed by atoms with Crippen LogP contribution in [0.1, 0.15) is 20.7 Å². The summed E-state index contributed by atoms with van der Waals surface area (Å²) in [6.45, 7) is 1.40. The van der Waals surface area contributed by atoms with Gasteiger partial charge in [-0.3, -0.25) is 9.59 Å². The van der Waals surface area contributed by atoms with Gasteiger partial charge in [0.05, 0.1) is 37.3 Å². The summed E-state index contributed by atoms with van der Waals surface area (Å²) in [5.41, 5.74) is 0.792. The van der Waals surface area contributed by atoms with Crippen LogP contribution in [-0.4, -0.2) is 62.3 Å². The lowest BCUT2D eigenvalue weighted by Gasteiger charge is -2.32. The third-order valence-corrected chi connectivity index (χ3v) is 7.08. The molecule has 7 nitrogen and oxygen atoms in total. The Morgan fingerprint density at radius 1 is 0.893 bits per heavy atom. The first kappa shape index (κ1) is 18.7. The lowest BCUT2D eigenvalue weighted by Crippen LogP contribution is -3.16. The van der Waals surface area contributed by atoms with Gasteiger partial charge in [0.25, 0.3) is 11.8 Å². The molecule has 0 atom stereocenters. The highest BCUT2D eigenvalue weighted by atomic mass is 32.2. The molecule has 2 aromatic rings. The van der Waals surface area contributed by atoms with Gasteiger partial charge in [0.15, 0.2) is 6.67 Å². The van der Waals surface area contributed by atoms with Gasteiger partial charge >= 0.3 is 0 Å². The number of imide groups is 1. The van der Waals surface area contributed by atoms with Crippen LogP contribution in [0.25, 0.3) is 0 Å². The van der Waals surface area contributed by atoms with Crippen LogP contribution in [0.3, 0.4) is 0 Å². The number of sulfonamides is 1. The van der Waals surface area contributed by atoms with E-state index in [1.807, 2.05) is 0 Å². The lowest BCUT2D eigenvalue weighted by molar-refractivity contribution is -0.910. The van der Waals surface area contributed by atoms with Crippen LogP contribution in [0, 0.1) is 5.82 Å². The zero-order chi connectivity index (χ0) is 19.9. The van der Waals surface area contributed by atoms with E-state index in [-0.39, 0.29) is 36.5 Å². The minimum Gasteiger partial charge on any atom is -0.315 e. The van der Waals surface area contributed by atoms with Crippen molar-refractivity contribution in [3.63, 3.8) is 0 Å². The highest BCUT2D eigenvalue weighted by Gasteiger charge is 2.39. The molecule has 0 bridgehead atoms. The van der Waals surface area contributed by atoms with Gasteiger partial charge in [0.1, 0.15) is 10.7 Å². The summed E-state index contributed by atoms with van der Waals surface area (Å²) in [5, 5.41) is 0. The second-order valence-electron chi connectivity index (χ2n) is 6.83. The van der Waals surface area contributed by atoms with E-state index >= 15 is 0 Å². The molecule has 2 amide bonds. The number of amides is 2. The van der Waals surface area contributed by atoms with Crippen molar-refractivity contribution in [2.45, 2.75) is 4.90 Å². The minimum atomic E-state index is -3.91. The van der Waals surface area contributed by atoms with E-state index in [1.54, 1.807) is 24.3 Å². The number of benzene rings is 2. The molecular formula is C19H19FN3O4S+. The normalized spacial score (nSPS) is 18.5. The molecule has 4 rings (SSSR count). The molecule has 0 aliphatic carbocycles. The Balaban J connectivity index is 1.42. The minimum absolute atomic E-state index is 0.180. The first-order valence-electron chi connectivity index (χ1n) is 8.93. The number of hydrogen-bond acceptors (Lipinski definition) is 4. The quantitative estimate of drug-likeness (QED) is 0.726. The number of piperazine rings is 1. The predicted octanol–water partition coefficient (Wildman–Crippen LogP) is -0.0314. The molecule has 9 heteroatoms. The van der Waals surface area contributed by atoms with Gasteiger partial charge in [-0.25, -0.2) is 17.7 Å². The van der Waals surface area contributed by atoms with Crippen LogP contribution in [0.5, 0.6) is 0 Å². The average Bonchev–Trinajstić information content (AvgIpc) is 2.94. The van der Waals surface area contributed by atoms with Gasteiger partial charge in [0, 0.05) is 0 Å². The van der Waals surface area contributed by atoms with Crippen LogP contribution in [0.15, 0.2) is 53.4 Å². The summed E-state index contributed by atoms with van der Waals surface area (Å²) in [6.07, 6.45) is 0. The van der Waals surface area contributed by atoms with Gasteiger partial charge < -0.3 is 4.90 Å². The third-order valence-electron chi connectivity index (χ3n) is 5.14. The van der Waals surface area contributed by atoms with E-state index in [0.717, 1.165) is 11.0 Å². The molecule has 0 aromatic heterocycles. The van der Waals surface area contributed by atoms with Crippen molar-refractivity contribution in [1.82, 2.24) is 9.21 Å². The first-order valence-corrected chi connectivity index (χ1v) is 10.4. The molecule has 0 saturated carbocycles. The van der Waals surface area contributed by atoms with Crippen molar-refractivity contribution in [2.75, 3.05) is 32.8 Å². The SMILES string of the molecule is O=C1c2ccccc2C(=O)N1C[NH+]1CCN(S(=O)(=O)c2ccccc2F)CC1. The Bertz CT molecular complexity index is 1010. The number of quaternary nitrogens is 1. The van der Waals surface area contributed by atoms with E-state index in [9.17, 15) is 22.4 Å². The van der Waals surface area contributed by atoms with E-state index in [2.05, 4.69) is 0 Å². The number of halogens is 1. The van der Waals surface area contributed by atoms with E-state index in [1.165, 1.54) is 27.4 Å². The molecule has 28 heavy (non-hydrogen) atoms. The van der Waals surface area contributed by atoms with Gasteiger partial charge in [-0.1, -0.05) is 24.3 Å². The number of nitrogens with one attached hydrogen (secondary N) is 1. The molecular weight excluding hydrogens is 385 g/mol. The Morgan fingerprint density at radius 3 is 2.00 bits per heavy atom.